The van der Waals surface area contributed by atoms with Gasteiger partial charge >= 0.3 is 5.76 Å². The lowest BCUT2D eigenvalue weighted by Gasteiger charge is -2.42. The van der Waals surface area contributed by atoms with Crippen LogP contribution in [-0.4, -0.2) is 43.2 Å². The fourth-order valence-electron chi connectivity index (χ4n) is 5.02. The van der Waals surface area contributed by atoms with Crippen LogP contribution in [0.5, 0.6) is 0 Å². The van der Waals surface area contributed by atoms with Crippen molar-refractivity contribution < 1.29 is 9.21 Å². The van der Waals surface area contributed by atoms with Gasteiger partial charge in [-0.3, -0.25) is 9.36 Å². The molecule has 0 bridgehead atoms. The fourth-order valence-corrected chi connectivity index (χ4v) is 5.19. The smallest absolute Gasteiger partial charge is 0.408 e. The maximum Gasteiger partial charge on any atom is 0.420 e. The summed E-state index contributed by atoms with van der Waals surface area (Å²) in [5, 5.41) is 9.04. The fraction of sp³-hybridized carbons (Fsp3) is 0.524. The molecule has 1 aromatic carbocycles. The van der Waals surface area contributed by atoms with E-state index in [0.29, 0.717) is 29.2 Å². The van der Waals surface area contributed by atoms with Crippen LogP contribution in [0.2, 0.25) is 5.02 Å². The van der Waals surface area contributed by atoms with Gasteiger partial charge in [-0.1, -0.05) is 24.9 Å². The molecule has 8 nitrogen and oxygen atoms in total. The first kappa shape index (κ1) is 19.4. The minimum absolute atomic E-state index is 0.0437. The second kappa shape index (κ2) is 7.27. The van der Waals surface area contributed by atoms with Crippen LogP contribution in [0.25, 0.3) is 11.1 Å². The number of aryl methyl sites for hydroxylation is 1. The van der Waals surface area contributed by atoms with Gasteiger partial charge in [-0.2, -0.15) is 0 Å². The molecule has 1 aliphatic heterocycles. The van der Waals surface area contributed by atoms with Gasteiger partial charge in [0.15, 0.2) is 5.58 Å². The van der Waals surface area contributed by atoms with Gasteiger partial charge in [-0.05, 0) is 36.8 Å². The molecule has 2 aliphatic rings. The Morgan fingerprint density at radius 2 is 2.20 bits per heavy atom. The molecule has 30 heavy (non-hydrogen) atoms. The van der Waals surface area contributed by atoms with Gasteiger partial charge in [0.2, 0.25) is 5.91 Å². The first-order valence-electron chi connectivity index (χ1n) is 10.4. The molecular formula is C21H24ClN5O3. The van der Waals surface area contributed by atoms with Crippen LogP contribution in [0.4, 0.5) is 0 Å². The average molecular weight is 430 g/mol. The zero-order valence-corrected chi connectivity index (χ0v) is 17.6. The Bertz CT molecular complexity index is 1160. The number of hydrogen-bond donors (Lipinski definition) is 0. The minimum Gasteiger partial charge on any atom is -0.408 e. The average Bonchev–Trinajstić information content (AvgIpc) is 3.37. The number of hydrogen-bond acceptors (Lipinski definition) is 5. The second-order valence-electron chi connectivity index (χ2n) is 8.49. The van der Waals surface area contributed by atoms with E-state index in [2.05, 4.69) is 21.7 Å². The van der Waals surface area contributed by atoms with Crippen molar-refractivity contribution in [3.05, 3.63) is 45.9 Å². The molecule has 1 aliphatic carbocycles. The van der Waals surface area contributed by atoms with Crippen molar-refractivity contribution in [2.75, 3.05) is 13.1 Å². The molecule has 158 valence electrons. The summed E-state index contributed by atoms with van der Waals surface area (Å²) < 4.78 is 8.77. The molecule has 5 rings (SSSR count). The number of oxazole rings is 1. The molecule has 1 amide bonds. The molecule has 2 aromatic heterocycles. The maximum absolute atomic E-state index is 13.2. The molecule has 1 saturated heterocycles. The van der Waals surface area contributed by atoms with Crippen LogP contribution < -0.4 is 5.76 Å². The van der Waals surface area contributed by atoms with E-state index >= 15 is 0 Å². The number of benzene rings is 1. The molecule has 1 saturated carbocycles. The molecule has 0 radical (unpaired) electrons. The van der Waals surface area contributed by atoms with E-state index in [9.17, 15) is 9.59 Å². The summed E-state index contributed by atoms with van der Waals surface area (Å²) in [7, 11) is 0. The van der Waals surface area contributed by atoms with E-state index in [0.717, 1.165) is 31.6 Å². The normalized spacial score (nSPS) is 20.2. The van der Waals surface area contributed by atoms with Crippen LogP contribution in [0.3, 0.4) is 0 Å². The van der Waals surface area contributed by atoms with Crippen molar-refractivity contribution >= 4 is 28.6 Å². The SMILES string of the molecule is CCCn1cnnc1C1CN(C(=O)Cn2c(=O)oc3cc(Cl)ccc32)CC12CCC2. The first-order chi connectivity index (χ1) is 14.5. The predicted molar refractivity (Wildman–Crippen MR) is 111 cm³/mol. The van der Waals surface area contributed by atoms with Gasteiger partial charge < -0.3 is 13.9 Å². The molecule has 9 heteroatoms. The summed E-state index contributed by atoms with van der Waals surface area (Å²) in [5.74, 6) is 0.538. The highest BCUT2D eigenvalue weighted by Gasteiger charge is 2.53. The zero-order valence-electron chi connectivity index (χ0n) is 16.9. The number of fused-ring (bicyclic) bond motifs is 1. The third-order valence-corrected chi connectivity index (χ3v) is 6.93. The van der Waals surface area contributed by atoms with Crippen LogP contribution in [0.1, 0.15) is 44.3 Å². The summed E-state index contributed by atoms with van der Waals surface area (Å²) >= 11 is 5.98. The van der Waals surface area contributed by atoms with Crippen molar-refractivity contribution in [3.8, 4) is 0 Å². The van der Waals surface area contributed by atoms with Gasteiger partial charge in [0.05, 0.1) is 5.52 Å². The van der Waals surface area contributed by atoms with E-state index in [-0.39, 0.29) is 23.8 Å². The Hall–Kier alpha value is -2.61. The second-order valence-corrected chi connectivity index (χ2v) is 8.93. The number of carbonyl (C=O) groups excluding carboxylic acids is 1. The van der Waals surface area contributed by atoms with Gasteiger partial charge in [-0.25, -0.2) is 4.79 Å². The Morgan fingerprint density at radius 1 is 1.37 bits per heavy atom. The number of nitrogens with zero attached hydrogens (tertiary/aromatic N) is 5. The van der Waals surface area contributed by atoms with Gasteiger partial charge in [0, 0.05) is 36.6 Å². The van der Waals surface area contributed by atoms with Crippen LogP contribution in [0, 0.1) is 5.41 Å². The zero-order chi connectivity index (χ0) is 20.9. The number of amides is 1. The largest absolute Gasteiger partial charge is 0.420 e. The van der Waals surface area contributed by atoms with Crippen molar-refractivity contribution in [3.63, 3.8) is 0 Å². The molecule has 3 aromatic rings. The maximum atomic E-state index is 13.2. The Balaban J connectivity index is 1.40. The number of aromatic nitrogens is 4. The summed E-state index contributed by atoms with van der Waals surface area (Å²) in [6.07, 6.45) is 6.15. The van der Waals surface area contributed by atoms with E-state index in [1.165, 1.54) is 11.0 Å². The van der Waals surface area contributed by atoms with E-state index in [1.807, 2.05) is 4.90 Å². The van der Waals surface area contributed by atoms with Gasteiger partial charge in [-0.15, -0.1) is 10.2 Å². The van der Waals surface area contributed by atoms with Gasteiger partial charge in [0.25, 0.3) is 0 Å². The molecule has 3 heterocycles. The molecule has 1 unspecified atom stereocenters. The lowest BCUT2D eigenvalue weighted by atomic mass is 9.62. The van der Waals surface area contributed by atoms with Crippen LogP contribution >= 0.6 is 11.6 Å². The number of likely N-dealkylation sites (tertiary alicyclic amines) is 1. The Kier molecular flexibility index (Phi) is 4.69. The van der Waals surface area contributed by atoms with Gasteiger partial charge in [0.1, 0.15) is 18.7 Å². The molecule has 2 fully saturated rings. The summed E-state index contributed by atoms with van der Waals surface area (Å²) in [4.78, 5) is 27.4. The molecule has 1 atom stereocenters. The molecule has 0 N–H and O–H groups in total. The van der Waals surface area contributed by atoms with E-state index in [1.54, 1.807) is 24.5 Å². The number of rotatable bonds is 5. The summed E-state index contributed by atoms with van der Waals surface area (Å²) in [6, 6.07) is 4.99. The third kappa shape index (κ3) is 3.05. The van der Waals surface area contributed by atoms with Crippen molar-refractivity contribution in [2.45, 2.75) is 51.6 Å². The third-order valence-electron chi connectivity index (χ3n) is 6.70. The highest BCUT2D eigenvalue weighted by molar-refractivity contribution is 6.31. The quantitative estimate of drug-likeness (QED) is 0.622. The highest BCUT2D eigenvalue weighted by Crippen LogP contribution is 2.55. The lowest BCUT2D eigenvalue weighted by Crippen LogP contribution is -2.39. The van der Waals surface area contributed by atoms with Crippen molar-refractivity contribution in [1.29, 1.82) is 0 Å². The predicted octanol–water partition coefficient (Wildman–Crippen LogP) is 3.05. The van der Waals surface area contributed by atoms with Crippen LogP contribution in [0.15, 0.2) is 33.7 Å². The summed E-state index contributed by atoms with van der Waals surface area (Å²) in [5.41, 5.74) is 1.04. The summed E-state index contributed by atoms with van der Waals surface area (Å²) in [6.45, 7) is 4.27. The van der Waals surface area contributed by atoms with Crippen LogP contribution in [-0.2, 0) is 17.9 Å². The lowest BCUT2D eigenvalue weighted by molar-refractivity contribution is -0.131. The Morgan fingerprint density at radius 3 is 2.93 bits per heavy atom. The highest BCUT2D eigenvalue weighted by atomic mass is 35.5. The van der Waals surface area contributed by atoms with E-state index < -0.39 is 5.76 Å². The Labute approximate surface area is 178 Å². The topological polar surface area (TPSA) is 86.2 Å². The number of halogens is 1. The number of carbonyl (C=O) groups is 1. The first-order valence-corrected chi connectivity index (χ1v) is 10.8. The molecule has 1 spiro atoms. The van der Waals surface area contributed by atoms with Crippen molar-refractivity contribution in [1.82, 2.24) is 24.2 Å². The minimum atomic E-state index is -0.544. The molecular weight excluding hydrogens is 406 g/mol. The van der Waals surface area contributed by atoms with E-state index in [4.69, 9.17) is 16.0 Å². The monoisotopic (exact) mass is 429 g/mol. The standard InChI is InChI=1S/C21H24ClN5O3/c1-2-8-25-13-23-24-19(25)15-10-26(12-21(15)6-3-7-21)18(28)11-27-16-5-4-14(22)9-17(16)30-20(27)29/h4-5,9,13,15H,2-3,6-8,10-12H2,1H3. The van der Waals surface area contributed by atoms with Crippen molar-refractivity contribution in [2.24, 2.45) is 5.41 Å².